The average Bonchev–Trinajstić information content (AvgIpc) is 3.19. The number of carbonyl (C=O) groups excluding carboxylic acids is 1. The first-order valence-electron chi connectivity index (χ1n) is 8.80. The molecule has 0 saturated carbocycles. The van der Waals surface area contributed by atoms with Gasteiger partial charge in [0.05, 0.1) is 16.7 Å². The highest BCUT2D eigenvalue weighted by Crippen LogP contribution is 2.32. The minimum absolute atomic E-state index is 0.0289. The van der Waals surface area contributed by atoms with E-state index in [-0.39, 0.29) is 17.7 Å². The second-order valence-electron chi connectivity index (χ2n) is 6.51. The summed E-state index contributed by atoms with van der Waals surface area (Å²) in [6.45, 7) is 0. The van der Waals surface area contributed by atoms with E-state index in [9.17, 15) is 13.2 Å². The third-order valence-electron chi connectivity index (χ3n) is 4.79. The van der Waals surface area contributed by atoms with Gasteiger partial charge in [-0.15, -0.1) is 0 Å². The van der Waals surface area contributed by atoms with Gasteiger partial charge in [0.15, 0.2) is 15.0 Å². The molecule has 0 radical (unpaired) electrons. The van der Waals surface area contributed by atoms with Crippen molar-refractivity contribution in [1.82, 2.24) is 14.9 Å². The van der Waals surface area contributed by atoms with Crippen LogP contribution in [0.25, 0.3) is 5.69 Å². The van der Waals surface area contributed by atoms with Gasteiger partial charge >= 0.3 is 0 Å². The van der Waals surface area contributed by atoms with Gasteiger partial charge in [0.25, 0.3) is 5.91 Å². The number of aromatic nitrogens is 2. The van der Waals surface area contributed by atoms with Crippen LogP contribution in [0.15, 0.2) is 71.0 Å². The maximum absolute atomic E-state index is 12.9. The molecule has 1 amide bonds. The normalized spacial score (nSPS) is 17.7. The topological polar surface area (TPSA) is 81.1 Å². The summed E-state index contributed by atoms with van der Waals surface area (Å²) >= 11 is 1.53. The van der Waals surface area contributed by atoms with Gasteiger partial charge in [-0.3, -0.25) is 9.36 Å². The third kappa shape index (κ3) is 3.45. The van der Waals surface area contributed by atoms with Gasteiger partial charge in [-0.1, -0.05) is 36.0 Å². The number of benzene rings is 2. The molecular weight excluding hydrogens is 394 g/mol. The van der Waals surface area contributed by atoms with Crippen LogP contribution in [0.5, 0.6) is 0 Å². The zero-order valence-corrected chi connectivity index (χ0v) is 16.8. The van der Waals surface area contributed by atoms with E-state index in [4.69, 9.17) is 0 Å². The number of hydrogen-bond acceptors (Lipinski definition) is 5. The molecule has 0 spiro atoms. The van der Waals surface area contributed by atoms with Crippen LogP contribution in [0.2, 0.25) is 0 Å². The second-order valence-corrected chi connectivity index (χ2v) is 9.36. The van der Waals surface area contributed by atoms with Crippen LogP contribution in [0.3, 0.4) is 0 Å². The van der Waals surface area contributed by atoms with Crippen molar-refractivity contribution < 1.29 is 13.2 Å². The first-order chi connectivity index (χ1) is 13.5. The van der Waals surface area contributed by atoms with Crippen LogP contribution >= 0.6 is 11.8 Å². The zero-order chi connectivity index (χ0) is 19.7. The molecule has 6 nitrogen and oxygen atoms in total. The number of hydrogen-bond donors (Lipinski definition) is 1. The summed E-state index contributed by atoms with van der Waals surface area (Å²) in [6.07, 6.45) is 5.88. The Hall–Kier alpha value is -2.58. The largest absolute Gasteiger partial charge is 0.345 e. The van der Waals surface area contributed by atoms with E-state index in [2.05, 4.69) is 10.3 Å². The Morgan fingerprint density at radius 1 is 1.21 bits per heavy atom. The van der Waals surface area contributed by atoms with E-state index >= 15 is 0 Å². The summed E-state index contributed by atoms with van der Waals surface area (Å²) in [5.41, 5.74) is 2.02. The maximum atomic E-state index is 12.9. The summed E-state index contributed by atoms with van der Waals surface area (Å²) in [5.74, 6) is -0.201. The number of fused-ring (bicyclic) bond motifs is 1. The fourth-order valence-electron chi connectivity index (χ4n) is 3.42. The number of nitrogens with zero attached hydrogens (tertiary/aromatic N) is 2. The van der Waals surface area contributed by atoms with Gasteiger partial charge < -0.3 is 5.32 Å². The number of carbonyl (C=O) groups is 1. The predicted molar refractivity (Wildman–Crippen MR) is 109 cm³/mol. The quantitative estimate of drug-likeness (QED) is 0.664. The van der Waals surface area contributed by atoms with Crippen molar-refractivity contribution >= 4 is 27.5 Å². The maximum Gasteiger partial charge on any atom is 0.251 e. The second kappa shape index (κ2) is 7.44. The smallest absolute Gasteiger partial charge is 0.251 e. The number of amides is 1. The summed E-state index contributed by atoms with van der Waals surface area (Å²) in [4.78, 5) is 17.5. The number of thioether (sulfide) groups is 1. The summed E-state index contributed by atoms with van der Waals surface area (Å²) in [5, 5.41) is 3.83. The number of sulfone groups is 1. The lowest BCUT2D eigenvalue weighted by molar-refractivity contribution is 0.0934. The van der Waals surface area contributed by atoms with Gasteiger partial charge in [-0.2, -0.15) is 0 Å². The van der Waals surface area contributed by atoms with E-state index in [0.29, 0.717) is 22.4 Å². The van der Waals surface area contributed by atoms with Gasteiger partial charge in [0.2, 0.25) is 0 Å². The molecule has 2 aromatic carbocycles. The molecule has 3 aromatic rings. The zero-order valence-electron chi connectivity index (χ0n) is 15.2. The monoisotopic (exact) mass is 413 g/mol. The Bertz CT molecular complexity index is 1140. The van der Waals surface area contributed by atoms with Gasteiger partial charge in [0, 0.05) is 23.6 Å². The van der Waals surface area contributed by atoms with Gasteiger partial charge in [0.1, 0.15) is 0 Å². The lowest BCUT2D eigenvalue weighted by Gasteiger charge is -2.26. The van der Waals surface area contributed by atoms with Gasteiger partial charge in [-0.25, -0.2) is 13.4 Å². The summed E-state index contributed by atoms with van der Waals surface area (Å²) in [7, 11) is -3.28. The van der Waals surface area contributed by atoms with Gasteiger partial charge in [-0.05, 0) is 42.5 Å². The highest BCUT2D eigenvalue weighted by molar-refractivity contribution is 7.98. The van der Waals surface area contributed by atoms with Crippen molar-refractivity contribution in [3.05, 3.63) is 72.1 Å². The first kappa shape index (κ1) is 18.8. The molecule has 1 N–H and O–H groups in total. The molecule has 1 aliphatic heterocycles. The lowest BCUT2D eigenvalue weighted by atomic mass is 10.0. The SMILES string of the molecule is CSc1nccn1-c1cccc(C(=O)NC2CCS(=O)(=O)c3ccccc32)c1. The molecular formula is C20H19N3O3S2. The Balaban J connectivity index is 1.61. The molecule has 0 aliphatic carbocycles. The molecule has 8 heteroatoms. The fraction of sp³-hybridized carbons (Fsp3) is 0.200. The van der Waals surface area contributed by atoms with E-state index in [1.54, 1.807) is 36.5 Å². The highest BCUT2D eigenvalue weighted by atomic mass is 32.2. The van der Waals surface area contributed by atoms with Crippen molar-refractivity contribution in [2.45, 2.75) is 22.5 Å². The summed E-state index contributed by atoms with van der Waals surface area (Å²) in [6, 6.07) is 13.8. The number of rotatable bonds is 4. The molecule has 4 rings (SSSR count). The molecule has 1 aliphatic rings. The minimum atomic E-state index is -3.28. The van der Waals surface area contributed by atoms with Crippen molar-refractivity contribution in [3.8, 4) is 5.69 Å². The van der Waals surface area contributed by atoms with Crippen LogP contribution in [0.4, 0.5) is 0 Å². The summed E-state index contributed by atoms with van der Waals surface area (Å²) < 4.78 is 26.5. The highest BCUT2D eigenvalue weighted by Gasteiger charge is 2.30. The molecule has 1 atom stereocenters. The molecule has 1 aromatic heterocycles. The molecule has 0 saturated heterocycles. The van der Waals surface area contributed by atoms with Crippen LogP contribution in [-0.4, -0.2) is 35.9 Å². The Labute approximate surface area is 167 Å². The Morgan fingerprint density at radius 3 is 2.86 bits per heavy atom. The number of imidazole rings is 1. The fourth-order valence-corrected chi connectivity index (χ4v) is 5.57. The van der Waals surface area contributed by atoms with E-state index in [1.165, 1.54) is 11.8 Å². The van der Waals surface area contributed by atoms with E-state index < -0.39 is 9.84 Å². The van der Waals surface area contributed by atoms with E-state index in [1.807, 2.05) is 35.2 Å². The van der Waals surface area contributed by atoms with Crippen LogP contribution in [-0.2, 0) is 9.84 Å². The molecule has 144 valence electrons. The first-order valence-corrected chi connectivity index (χ1v) is 11.7. The lowest BCUT2D eigenvalue weighted by Crippen LogP contribution is -2.33. The minimum Gasteiger partial charge on any atom is -0.345 e. The van der Waals surface area contributed by atoms with Crippen LogP contribution in [0, 0.1) is 0 Å². The van der Waals surface area contributed by atoms with Crippen LogP contribution in [0.1, 0.15) is 28.4 Å². The Kier molecular flexibility index (Phi) is 4.99. The molecule has 0 fully saturated rings. The molecule has 0 bridgehead atoms. The molecule has 28 heavy (non-hydrogen) atoms. The van der Waals surface area contributed by atoms with Crippen molar-refractivity contribution in [2.75, 3.05) is 12.0 Å². The Morgan fingerprint density at radius 2 is 2.04 bits per heavy atom. The van der Waals surface area contributed by atoms with Crippen molar-refractivity contribution in [1.29, 1.82) is 0 Å². The van der Waals surface area contributed by atoms with Crippen molar-refractivity contribution in [3.63, 3.8) is 0 Å². The predicted octanol–water partition coefficient (Wildman–Crippen LogP) is 3.24. The standard InChI is InChI=1S/C20H19N3O3S2/c1-27-20-21-10-11-23(20)15-6-4-5-14(13-15)19(24)22-17-9-12-28(25,26)18-8-3-2-7-16(17)18/h2-8,10-11,13,17H,9,12H2,1H3,(H,22,24). The number of nitrogens with one attached hydrogen (secondary N) is 1. The third-order valence-corrected chi connectivity index (χ3v) is 7.27. The van der Waals surface area contributed by atoms with E-state index in [0.717, 1.165) is 10.8 Å². The van der Waals surface area contributed by atoms with Crippen LogP contribution < -0.4 is 5.32 Å². The van der Waals surface area contributed by atoms with Crippen molar-refractivity contribution in [2.24, 2.45) is 0 Å². The molecule has 1 unspecified atom stereocenters. The molecule has 2 heterocycles. The average molecular weight is 414 g/mol.